The van der Waals surface area contributed by atoms with Gasteiger partial charge < -0.3 is 5.11 Å². The van der Waals surface area contributed by atoms with Gasteiger partial charge in [0.05, 0.1) is 5.70 Å². The van der Waals surface area contributed by atoms with Gasteiger partial charge in [-0.05, 0) is 18.1 Å². The lowest BCUT2D eigenvalue weighted by atomic mass is 10.1. The summed E-state index contributed by atoms with van der Waals surface area (Å²) in [5.74, 6) is -0.0883. The summed E-state index contributed by atoms with van der Waals surface area (Å²) in [6, 6.07) is 0. The molecule has 0 saturated carbocycles. The molecule has 1 N–H and O–H groups in total. The molecule has 0 aromatic rings. The standard InChI is InChI=1S/C9H13NO2/c1-7-4-3-5-8(10(2)12)6-9(7)11/h3-7,11-12H,1-2H3/p-1. The Morgan fingerprint density at radius 3 is 2.83 bits per heavy atom. The summed E-state index contributed by atoms with van der Waals surface area (Å²) in [5, 5.41) is 21.2. The van der Waals surface area contributed by atoms with Gasteiger partial charge >= 0.3 is 0 Å². The van der Waals surface area contributed by atoms with Crippen molar-refractivity contribution in [3.8, 4) is 0 Å². The van der Waals surface area contributed by atoms with Crippen LogP contribution in [0.1, 0.15) is 6.92 Å². The van der Waals surface area contributed by atoms with Gasteiger partial charge in [-0.25, -0.2) is 0 Å². The highest BCUT2D eigenvalue weighted by Crippen LogP contribution is 2.14. The lowest BCUT2D eigenvalue weighted by Gasteiger charge is -2.18. The van der Waals surface area contributed by atoms with E-state index < -0.39 is 0 Å². The third-order valence-corrected chi connectivity index (χ3v) is 1.78. The number of hydrogen-bond acceptors (Lipinski definition) is 3. The van der Waals surface area contributed by atoms with E-state index in [1.807, 2.05) is 6.92 Å². The van der Waals surface area contributed by atoms with Crippen molar-refractivity contribution in [2.45, 2.75) is 6.92 Å². The summed E-state index contributed by atoms with van der Waals surface area (Å²) >= 11 is 0. The lowest BCUT2D eigenvalue weighted by Crippen LogP contribution is -2.15. The SMILES string of the molecule is CC1C=CC=C(N(C)O)C=C1[O-]. The fourth-order valence-electron chi connectivity index (χ4n) is 0.942. The third-order valence-electron chi connectivity index (χ3n) is 1.78. The van der Waals surface area contributed by atoms with Crippen molar-refractivity contribution >= 4 is 0 Å². The van der Waals surface area contributed by atoms with Gasteiger partial charge in [-0.1, -0.05) is 19.1 Å². The fraction of sp³-hybridized carbons (Fsp3) is 0.333. The molecule has 0 spiro atoms. The largest absolute Gasteiger partial charge is 0.875 e. The van der Waals surface area contributed by atoms with Crippen LogP contribution in [0.15, 0.2) is 35.8 Å². The van der Waals surface area contributed by atoms with Crippen LogP contribution in [0.25, 0.3) is 0 Å². The third kappa shape index (κ3) is 1.89. The molecule has 1 unspecified atom stereocenters. The molecule has 1 atom stereocenters. The van der Waals surface area contributed by atoms with Crippen LogP contribution < -0.4 is 5.11 Å². The second-order valence-electron chi connectivity index (χ2n) is 2.84. The molecule has 0 aromatic carbocycles. The Morgan fingerprint density at radius 1 is 1.58 bits per heavy atom. The topological polar surface area (TPSA) is 46.5 Å². The number of rotatable bonds is 1. The minimum absolute atomic E-state index is 0.0101. The second kappa shape index (κ2) is 3.45. The second-order valence-corrected chi connectivity index (χ2v) is 2.84. The zero-order valence-electron chi connectivity index (χ0n) is 7.19. The molecule has 0 aliphatic heterocycles. The zero-order chi connectivity index (χ0) is 9.14. The summed E-state index contributed by atoms with van der Waals surface area (Å²) in [4.78, 5) is 0. The highest BCUT2D eigenvalue weighted by molar-refractivity contribution is 5.28. The monoisotopic (exact) mass is 166 g/mol. The van der Waals surface area contributed by atoms with Gasteiger partial charge in [0.1, 0.15) is 0 Å². The van der Waals surface area contributed by atoms with Crippen molar-refractivity contribution in [1.29, 1.82) is 0 Å². The Morgan fingerprint density at radius 2 is 2.25 bits per heavy atom. The van der Waals surface area contributed by atoms with E-state index in [4.69, 9.17) is 5.21 Å². The molecule has 0 aromatic heterocycles. The quantitative estimate of drug-likeness (QED) is 0.581. The Balaban J connectivity index is 2.91. The Kier molecular flexibility index (Phi) is 2.55. The summed E-state index contributed by atoms with van der Waals surface area (Å²) in [5.41, 5.74) is 0.514. The van der Waals surface area contributed by atoms with Crippen molar-refractivity contribution < 1.29 is 10.3 Å². The van der Waals surface area contributed by atoms with Gasteiger partial charge in [-0.15, -0.1) is 5.76 Å². The van der Waals surface area contributed by atoms with E-state index in [2.05, 4.69) is 0 Å². The predicted molar refractivity (Wildman–Crippen MR) is 44.0 cm³/mol. The van der Waals surface area contributed by atoms with Crippen molar-refractivity contribution in [2.24, 2.45) is 5.92 Å². The molecule has 12 heavy (non-hydrogen) atoms. The number of hydroxylamine groups is 2. The molecule has 3 heteroatoms. The summed E-state index contributed by atoms with van der Waals surface area (Å²) < 4.78 is 0. The average molecular weight is 166 g/mol. The van der Waals surface area contributed by atoms with Gasteiger partial charge in [-0.3, -0.25) is 10.3 Å². The van der Waals surface area contributed by atoms with E-state index in [0.717, 1.165) is 5.06 Å². The van der Waals surface area contributed by atoms with Crippen LogP contribution in [0.4, 0.5) is 0 Å². The maximum atomic E-state index is 11.2. The van der Waals surface area contributed by atoms with E-state index in [1.165, 1.54) is 13.1 Å². The minimum atomic E-state index is -0.0984. The Hall–Kier alpha value is -1.22. The Bertz CT molecular complexity index is 251. The lowest BCUT2D eigenvalue weighted by molar-refractivity contribution is -0.311. The van der Waals surface area contributed by atoms with Crippen LogP contribution in [0.2, 0.25) is 0 Å². The first-order valence-electron chi connectivity index (χ1n) is 3.81. The molecule has 0 amide bonds. The predicted octanol–water partition coefficient (Wildman–Crippen LogP) is 0.641. The van der Waals surface area contributed by atoms with Gasteiger partial charge in [0.15, 0.2) is 0 Å². The number of allylic oxidation sites excluding steroid dienone is 4. The molecule has 1 aliphatic rings. The highest BCUT2D eigenvalue weighted by atomic mass is 16.5. The van der Waals surface area contributed by atoms with Gasteiger partial charge in [-0.2, -0.15) is 0 Å². The number of hydrogen-bond donors (Lipinski definition) is 1. The van der Waals surface area contributed by atoms with Gasteiger partial charge in [0.2, 0.25) is 0 Å². The average Bonchev–Trinajstić information content (AvgIpc) is 2.15. The molecule has 3 nitrogen and oxygen atoms in total. The van der Waals surface area contributed by atoms with E-state index in [-0.39, 0.29) is 11.7 Å². The summed E-state index contributed by atoms with van der Waals surface area (Å²) in [6.45, 7) is 1.82. The van der Waals surface area contributed by atoms with Crippen molar-refractivity contribution in [2.75, 3.05) is 7.05 Å². The van der Waals surface area contributed by atoms with Crippen LogP contribution in [-0.4, -0.2) is 17.3 Å². The molecule has 0 radical (unpaired) electrons. The molecule has 66 valence electrons. The smallest absolute Gasteiger partial charge is 0.0621 e. The molecule has 0 heterocycles. The van der Waals surface area contributed by atoms with Crippen LogP contribution in [-0.2, 0) is 0 Å². The van der Waals surface area contributed by atoms with E-state index in [0.29, 0.717) is 5.70 Å². The summed E-state index contributed by atoms with van der Waals surface area (Å²) in [7, 11) is 1.49. The highest BCUT2D eigenvalue weighted by Gasteiger charge is 2.02. The molecule has 0 saturated heterocycles. The van der Waals surface area contributed by atoms with Crippen molar-refractivity contribution in [1.82, 2.24) is 5.06 Å². The molecule has 1 rings (SSSR count). The van der Waals surface area contributed by atoms with Crippen LogP contribution in [0.5, 0.6) is 0 Å². The Labute approximate surface area is 71.9 Å². The maximum absolute atomic E-state index is 11.2. The molecular weight excluding hydrogens is 154 g/mol. The molecule has 0 fully saturated rings. The maximum Gasteiger partial charge on any atom is 0.0621 e. The summed E-state index contributed by atoms with van der Waals surface area (Å²) in [6.07, 6.45) is 6.70. The van der Waals surface area contributed by atoms with Gasteiger partial charge in [0, 0.05) is 7.05 Å². The number of likely N-dealkylation sites (N-methyl/N-ethyl adjacent to an activating group) is 1. The van der Waals surface area contributed by atoms with Crippen LogP contribution in [0.3, 0.4) is 0 Å². The molecular formula is C9H12NO2-. The van der Waals surface area contributed by atoms with E-state index in [1.54, 1.807) is 18.2 Å². The van der Waals surface area contributed by atoms with E-state index >= 15 is 0 Å². The first-order chi connectivity index (χ1) is 5.61. The van der Waals surface area contributed by atoms with Crippen molar-refractivity contribution in [3.63, 3.8) is 0 Å². The normalized spacial score (nSPS) is 22.8. The fourth-order valence-corrected chi connectivity index (χ4v) is 0.942. The number of nitrogens with zero attached hydrogens (tertiary/aromatic N) is 1. The van der Waals surface area contributed by atoms with Gasteiger partial charge in [0.25, 0.3) is 0 Å². The van der Waals surface area contributed by atoms with Crippen LogP contribution in [0, 0.1) is 5.92 Å². The minimum Gasteiger partial charge on any atom is -0.875 e. The van der Waals surface area contributed by atoms with Crippen LogP contribution >= 0.6 is 0 Å². The molecule has 0 bridgehead atoms. The first kappa shape index (κ1) is 8.87. The first-order valence-corrected chi connectivity index (χ1v) is 3.81. The van der Waals surface area contributed by atoms with Crippen molar-refractivity contribution in [3.05, 3.63) is 35.8 Å². The molecule has 1 aliphatic carbocycles. The zero-order valence-corrected chi connectivity index (χ0v) is 7.19. The van der Waals surface area contributed by atoms with E-state index in [9.17, 15) is 5.11 Å².